The van der Waals surface area contributed by atoms with Crippen molar-refractivity contribution < 1.29 is 18.5 Å². The van der Waals surface area contributed by atoms with Crippen molar-refractivity contribution in [3.63, 3.8) is 0 Å². The molecule has 1 rings (SSSR count). The van der Waals surface area contributed by atoms with Crippen LogP contribution in [0.1, 0.15) is 0 Å². The second kappa shape index (κ2) is 4.10. The van der Waals surface area contributed by atoms with Gasteiger partial charge in [0.05, 0.1) is 4.90 Å². The zero-order valence-corrected chi connectivity index (χ0v) is 8.11. The molecule has 14 heavy (non-hydrogen) atoms. The van der Waals surface area contributed by atoms with E-state index in [-0.39, 0.29) is 10.4 Å². The van der Waals surface area contributed by atoms with Crippen LogP contribution in [0.2, 0.25) is 0 Å². The molecule has 0 aliphatic carbocycles. The van der Waals surface area contributed by atoms with Crippen LogP contribution in [0.15, 0.2) is 29.2 Å². The molecule has 0 aliphatic rings. The Balaban J connectivity index is 3.19. The highest BCUT2D eigenvalue weighted by molar-refractivity contribution is 7.91. The molecule has 0 aromatic heterocycles. The first-order valence-corrected chi connectivity index (χ1v) is 5.51. The van der Waals surface area contributed by atoms with Crippen LogP contribution in [0.3, 0.4) is 0 Å². The summed E-state index contributed by atoms with van der Waals surface area (Å²) in [7, 11) is -5.18. The number of nitrogens with two attached hydrogens (primary N) is 1. The maximum absolute atomic E-state index is 11.3. The normalized spacial score (nSPS) is 11.4. The van der Waals surface area contributed by atoms with Crippen molar-refractivity contribution in [1.29, 1.82) is 0 Å². The third kappa shape index (κ3) is 2.33. The van der Waals surface area contributed by atoms with E-state index in [0.29, 0.717) is 0 Å². The van der Waals surface area contributed by atoms with Gasteiger partial charge in [0.25, 0.3) is 0 Å². The fraction of sp³-hybridized carbons (Fsp3) is 0.143. The summed E-state index contributed by atoms with van der Waals surface area (Å²) >= 11 is 0. The Bertz CT molecular complexity index is 417. The van der Waals surface area contributed by atoms with Crippen molar-refractivity contribution in [2.75, 3.05) is 5.88 Å². The molecule has 0 aliphatic heterocycles. The van der Waals surface area contributed by atoms with Crippen molar-refractivity contribution in [3.8, 4) is 0 Å². The highest BCUT2D eigenvalue weighted by atomic mass is 32.2. The quantitative estimate of drug-likeness (QED) is 0.509. The first kappa shape index (κ1) is 11.2. The standard InChI is InChI=1S/C7H10BNO4S/c9-5-14(12,13)7-3-1-2-6(4-7)8(10)11/h1-4,10-11H,5,9H2. The van der Waals surface area contributed by atoms with E-state index in [1.54, 1.807) is 0 Å². The number of rotatable bonds is 3. The molecule has 0 radical (unpaired) electrons. The zero-order chi connectivity index (χ0) is 10.8. The minimum atomic E-state index is -3.50. The minimum Gasteiger partial charge on any atom is -0.423 e. The lowest BCUT2D eigenvalue weighted by atomic mass is 9.80. The molecule has 0 spiro atoms. The molecule has 0 saturated carbocycles. The van der Waals surface area contributed by atoms with E-state index in [2.05, 4.69) is 0 Å². The lowest BCUT2D eigenvalue weighted by Crippen LogP contribution is -2.30. The molecule has 0 atom stereocenters. The van der Waals surface area contributed by atoms with Gasteiger partial charge in [0.2, 0.25) is 0 Å². The molecule has 0 amide bonds. The highest BCUT2D eigenvalue weighted by Gasteiger charge is 2.16. The van der Waals surface area contributed by atoms with Crippen LogP contribution in [0.25, 0.3) is 0 Å². The predicted octanol–water partition coefficient (Wildman–Crippen LogP) is -1.94. The van der Waals surface area contributed by atoms with E-state index in [1.165, 1.54) is 24.3 Å². The molecule has 0 unspecified atom stereocenters. The van der Waals surface area contributed by atoms with Crippen molar-refractivity contribution in [1.82, 2.24) is 0 Å². The van der Waals surface area contributed by atoms with E-state index in [4.69, 9.17) is 15.8 Å². The van der Waals surface area contributed by atoms with E-state index in [1.807, 2.05) is 0 Å². The van der Waals surface area contributed by atoms with Gasteiger partial charge in [0.15, 0.2) is 9.84 Å². The predicted molar refractivity (Wildman–Crippen MR) is 52.5 cm³/mol. The summed E-state index contributed by atoms with van der Waals surface area (Å²) in [6, 6.07) is 5.39. The molecular weight excluding hydrogens is 205 g/mol. The Morgan fingerprint density at radius 1 is 1.36 bits per heavy atom. The average molecular weight is 215 g/mol. The minimum absolute atomic E-state index is 0.00870. The van der Waals surface area contributed by atoms with E-state index in [9.17, 15) is 8.42 Å². The fourth-order valence-corrected chi connectivity index (χ4v) is 1.76. The van der Waals surface area contributed by atoms with Crippen molar-refractivity contribution in [3.05, 3.63) is 24.3 Å². The lowest BCUT2D eigenvalue weighted by Gasteiger charge is -2.03. The molecule has 0 heterocycles. The van der Waals surface area contributed by atoms with Crippen LogP contribution in [0.4, 0.5) is 0 Å². The second-order valence-corrected chi connectivity index (χ2v) is 4.76. The van der Waals surface area contributed by atoms with Gasteiger partial charge in [-0.05, 0) is 17.6 Å². The van der Waals surface area contributed by atoms with E-state index < -0.39 is 22.8 Å². The van der Waals surface area contributed by atoms with Gasteiger partial charge in [-0.1, -0.05) is 12.1 Å². The molecule has 0 bridgehead atoms. The summed E-state index contributed by atoms with van der Waals surface area (Å²) in [6.07, 6.45) is 0. The van der Waals surface area contributed by atoms with Crippen LogP contribution in [-0.2, 0) is 9.84 Å². The van der Waals surface area contributed by atoms with E-state index >= 15 is 0 Å². The van der Waals surface area contributed by atoms with Crippen molar-refractivity contribution >= 4 is 22.4 Å². The van der Waals surface area contributed by atoms with Gasteiger partial charge < -0.3 is 15.8 Å². The van der Waals surface area contributed by atoms with Crippen LogP contribution >= 0.6 is 0 Å². The SMILES string of the molecule is NCS(=O)(=O)c1cccc(B(O)O)c1. The Morgan fingerprint density at radius 3 is 2.50 bits per heavy atom. The summed E-state index contributed by atoms with van der Waals surface area (Å²) < 4.78 is 22.6. The Kier molecular flexibility index (Phi) is 3.27. The number of hydrogen-bond donors (Lipinski definition) is 3. The van der Waals surface area contributed by atoms with Crippen LogP contribution in [-0.4, -0.2) is 31.5 Å². The molecule has 76 valence electrons. The monoisotopic (exact) mass is 215 g/mol. The maximum atomic E-state index is 11.3. The largest absolute Gasteiger partial charge is 0.488 e. The molecule has 4 N–H and O–H groups in total. The van der Waals surface area contributed by atoms with Gasteiger partial charge in [-0.2, -0.15) is 0 Å². The Hall–Kier alpha value is -0.885. The average Bonchev–Trinajstić information content (AvgIpc) is 2.18. The maximum Gasteiger partial charge on any atom is 0.488 e. The molecule has 0 saturated heterocycles. The van der Waals surface area contributed by atoms with Gasteiger partial charge in [0, 0.05) is 0 Å². The summed E-state index contributed by atoms with van der Waals surface area (Å²) in [4.78, 5) is -0.00870. The third-order valence-corrected chi connectivity index (χ3v) is 3.15. The summed E-state index contributed by atoms with van der Waals surface area (Å²) in [5.41, 5.74) is 5.18. The van der Waals surface area contributed by atoms with E-state index in [0.717, 1.165) is 0 Å². The molecular formula is C7H10BNO4S. The topological polar surface area (TPSA) is 101 Å². The Morgan fingerprint density at radius 2 is 2.00 bits per heavy atom. The summed E-state index contributed by atoms with van der Waals surface area (Å²) in [6.45, 7) is 0. The first-order chi connectivity index (χ1) is 6.47. The number of sulfone groups is 1. The van der Waals surface area contributed by atoms with Crippen LogP contribution in [0.5, 0.6) is 0 Å². The Labute approximate surface area is 82.2 Å². The molecule has 0 fully saturated rings. The summed E-state index contributed by atoms with van der Waals surface area (Å²) in [5.74, 6) is -0.502. The van der Waals surface area contributed by atoms with Crippen molar-refractivity contribution in [2.24, 2.45) is 5.73 Å². The van der Waals surface area contributed by atoms with Crippen molar-refractivity contribution in [2.45, 2.75) is 4.90 Å². The molecule has 1 aromatic carbocycles. The lowest BCUT2D eigenvalue weighted by molar-refractivity contribution is 0.425. The number of hydrogen-bond acceptors (Lipinski definition) is 5. The van der Waals surface area contributed by atoms with Gasteiger partial charge >= 0.3 is 7.12 Å². The highest BCUT2D eigenvalue weighted by Crippen LogP contribution is 2.06. The van der Waals surface area contributed by atoms with Crippen LogP contribution < -0.4 is 11.2 Å². The van der Waals surface area contributed by atoms with Gasteiger partial charge in [-0.25, -0.2) is 8.42 Å². The van der Waals surface area contributed by atoms with Gasteiger partial charge in [-0.15, -0.1) is 0 Å². The number of benzene rings is 1. The molecule has 7 heteroatoms. The van der Waals surface area contributed by atoms with Crippen LogP contribution in [0, 0.1) is 0 Å². The summed E-state index contributed by atoms with van der Waals surface area (Å²) in [5, 5.41) is 17.6. The first-order valence-electron chi connectivity index (χ1n) is 3.86. The third-order valence-electron chi connectivity index (χ3n) is 1.73. The van der Waals surface area contributed by atoms with Gasteiger partial charge in [0.1, 0.15) is 5.88 Å². The smallest absolute Gasteiger partial charge is 0.423 e. The second-order valence-electron chi connectivity index (χ2n) is 2.73. The van der Waals surface area contributed by atoms with Gasteiger partial charge in [-0.3, -0.25) is 0 Å². The fourth-order valence-electron chi connectivity index (χ4n) is 0.965. The molecule has 5 nitrogen and oxygen atoms in total. The zero-order valence-electron chi connectivity index (χ0n) is 7.29. The molecule has 1 aromatic rings.